The van der Waals surface area contributed by atoms with Crippen LogP contribution < -0.4 is 16.2 Å². The summed E-state index contributed by atoms with van der Waals surface area (Å²) in [5, 5.41) is 13.2. The van der Waals surface area contributed by atoms with Gasteiger partial charge in [-0.25, -0.2) is 14.4 Å². The van der Waals surface area contributed by atoms with Gasteiger partial charge in [0.2, 0.25) is 18.1 Å². The van der Waals surface area contributed by atoms with Crippen molar-refractivity contribution in [3.63, 3.8) is 0 Å². The highest BCUT2D eigenvalue weighted by Gasteiger charge is 2.41. The Morgan fingerprint density at radius 3 is 1.62 bits per heavy atom. The van der Waals surface area contributed by atoms with E-state index in [4.69, 9.17) is 32.7 Å². The fraction of sp³-hybridized carbons (Fsp3) is 0.0909. The number of halogens is 2. The first-order valence-electron chi connectivity index (χ1n) is 13.7. The molecule has 0 radical (unpaired) electrons. The van der Waals surface area contributed by atoms with Crippen LogP contribution >= 0.6 is 23.2 Å². The number of carboxylic acids is 1. The SMILES string of the molecule is O=C(Cc1ccccc1)Nc1ccc(C(=O)NNC(=O)[C@@H](OC(=O)c2ccc(Cl)cc2)[C@H](OC(=O)c2ccc(Cl)cc2)C(=O)O)cc1. The Morgan fingerprint density at radius 1 is 0.617 bits per heavy atom. The average molecular weight is 678 g/mol. The summed E-state index contributed by atoms with van der Waals surface area (Å²) in [5.74, 6) is -6.58. The number of rotatable bonds is 11. The van der Waals surface area contributed by atoms with E-state index in [-0.39, 0.29) is 29.0 Å². The van der Waals surface area contributed by atoms with Gasteiger partial charge < -0.3 is 19.9 Å². The van der Waals surface area contributed by atoms with Crippen LogP contribution in [0.25, 0.3) is 0 Å². The van der Waals surface area contributed by atoms with Crippen LogP contribution in [0.5, 0.6) is 0 Å². The van der Waals surface area contributed by atoms with E-state index in [2.05, 4.69) is 10.7 Å². The fourth-order valence-corrected chi connectivity index (χ4v) is 4.24. The third-order valence-corrected chi connectivity index (χ3v) is 6.85. The molecule has 240 valence electrons. The lowest BCUT2D eigenvalue weighted by atomic mass is 10.1. The molecule has 14 heteroatoms. The Kier molecular flexibility index (Phi) is 11.6. The summed E-state index contributed by atoms with van der Waals surface area (Å²) in [6.07, 6.45) is -4.47. The van der Waals surface area contributed by atoms with Gasteiger partial charge in [0, 0.05) is 21.3 Å². The summed E-state index contributed by atoms with van der Waals surface area (Å²) < 4.78 is 10.2. The van der Waals surface area contributed by atoms with E-state index < -0.39 is 41.9 Å². The van der Waals surface area contributed by atoms with E-state index in [0.29, 0.717) is 15.7 Å². The Morgan fingerprint density at radius 2 is 1.11 bits per heavy atom. The maximum Gasteiger partial charge on any atom is 0.349 e. The molecular weight excluding hydrogens is 653 g/mol. The molecule has 2 atom stereocenters. The van der Waals surface area contributed by atoms with Crippen LogP contribution in [0.1, 0.15) is 36.6 Å². The van der Waals surface area contributed by atoms with Crippen molar-refractivity contribution in [2.75, 3.05) is 5.32 Å². The second kappa shape index (κ2) is 16.0. The molecule has 0 fully saturated rings. The number of hydrazine groups is 1. The number of ether oxygens (including phenoxy) is 2. The molecule has 0 aliphatic carbocycles. The Labute approximate surface area is 277 Å². The average Bonchev–Trinajstić information content (AvgIpc) is 3.06. The van der Waals surface area contributed by atoms with Gasteiger partial charge in [0.15, 0.2) is 0 Å². The molecule has 4 aromatic rings. The van der Waals surface area contributed by atoms with Gasteiger partial charge in [-0.3, -0.25) is 25.2 Å². The standard InChI is InChI=1S/C33H25Cl2N3O9/c34-23-12-6-21(7-13-23)32(44)46-27(28(31(42)43)47-33(45)22-8-14-24(35)15-9-22)30(41)38-37-29(40)20-10-16-25(17-11-20)36-26(39)18-19-4-2-1-3-5-19/h1-17,27-28H,18H2,(H,36,39)(H,37,40)(H,38,41)(H,42,43)/t27-,28-/m0/s1. The fourth-order valence-electron chi connectivity index (χ4n) is 3.99. The van der Waals surface area contributed by atoms with Crippen LogP contribution in [0, 0.1) is 0 Å². The number of nitrogens with one attached hydrogen (secondary N) is 3. The third kappa shape index (κ3) is 9.88. The first-order valence-corrected chi connectivity index (χ1v) is 14.5. The van der Waals surface area contributed by atoms with Crippen molar-refractivity contribution < 1.29 is 43.3 Å². The molecule has 0 bridgehead atoms. The molecule has 4 aromatic carbocycles. The first kappa shape index (κ1) is 34.2. The van der Waals surface area contributed by atoms with Gasteiger partial charge in [-0.15, -0.1) is 0 Å². The number of aliphatic carboxylic acids is 1. The summed E-state index contributed by atoms with van der Waals surface area (Å²) in [4.78, 5) is 76.1. The van der Waals surface area contributed by atoms with Crippen molar-refractivity contribution in [3.8, 4) is 0 Å². The number of benzene rings is 4. The molecule has 0 unspecified atom stereocenters. The van der Waals surface area contributed by atoms with Gasteiger partial charge in [-0.05, 0) is 78.4 Å². The minimum absolute atomic E-state index is 0.0463. The smallest absolute Gasteiger partial charge is 0.349 e. The molecule has 47 heavy (non-hydrogen) atoms. The van der Waals surface area contributed by atoms with Crippen LogP contribution in [0.2, 0.25) is 10.0 Å². The molecule has 0 aromatic heterocycles. The molecule has 12 nitrogen and oxygen atoms in total. The molecule has 0 spiro atoms. The highest BCUT2D eigenvalue weighted by atomic mass is 35.5. The lowest BCUT2D eigenvalue weighted by Crippen LogP contribution is -2.54. The van der Waals surface area contributed by atoms with E-state index in [9.17, 15) is 33.9 Å². The third-order valence-electron chi connectivity index (χ3n) is 6.34. The zero-order valence-electron chi connectivity index (χ0n) is 24.1. The lowest BCUT2D eigenvalue weighted by Gasteiger charge is -2.23. The molecule has 0 aliphatic rings. The highest BCUT2D eigenvalue weighted by Crippen LogP contribution is 2.17. The molecule has 0 heterocycles. The maximum atomic E-state index is 13.2. The molecule has 4 N–H and O–H groups in total. The highest BCUT2D eigenvalue weighted by molar-refractivity contribution is 6.31. The largest absolute Gasteiger partial charge is 0.478 e. The number of anilines is 1. The van der Waals surface area contributed by atoms with E-state index in [1.807, 2.05) is 35.8 Å². The topological polar surface area (TPSA) is 177 Å². The summed E-state index contributed by atoms with van der Waals surface area (Å²) >= 11 is 11.7. The number of amides is 3. The zero-order valence-corrected chi connectivity index (χ0v) is 25.7. The Balaban J connectivity index is 1.45. The van der Waals surface area contributed by atoms with Crippen molar-refractivity contribution in [1.29, 1.82) is 0 Å². The molecule has 0 saturated carbocycles. The van der Waals surface area contributed by atoms with Crippen LogP contribution in [-0.4, -0.2) is 52.9 Å². The summed E-state index contributed by atoms with van der Waals surface area (Å²) in [7, 11) is 0. The quantitative estimate of drug-likeness (QED) is 0.132. The number of hydrogen-bond acceptors (Lipinski definition) is 8. The van der Waals surface area contributed by atoms with Crippen LogP contribution in [-0.2, 0) is 30.3 Å². The van der Waals surface area contributed by atoms with E-state index in [0.717, 1.165) is 5.56 Å². The Hall–Kier alpha value is -5.72. The molecule has 0 saturated heterocycles. The van der Waals surface area contributed by atoms with Crippen LogP contribution in [0.3, 0.4) is 0 Å². The second-order valence-electron chi connectivity index (χ2n) is 9.74. The molecular formula is C33H25Cl2N3O9. The predicted molar refractivity (Wildman–Crippen MR) is 170 cm³/mol. The van der Waals surface area contributed by atoms with Gasteiger partial charge in [0.1, 0.15) is 0 Å². The summed E-state index contributed by atoms with van der Waals surface area (Å²) in [5.41, 5.74) is 5.17. The van der Waals surface area contributed by atoms with Crippen molar-refractivity contribution in [3.05, 3.63) is 135 Å². The number of carboxylic acid groups (broad SMARTS) is 1. The van der Waals surface area contributed by atoms with Gasteiger partial charge in [-0.2, -0.15) is 0 Å². The normalized spacial score (nSPS) is 11.7. The number of carbonyl (C=O) groups is 6. The second-order valence-corrected chi connectivity index (χ2v) is 10.6. The molecule has 3 amide bonds. The minimum atomic E-state index is -2.34. The number of esters is 2. The van der Waals surface area contributed by atoms with E-state index in [1.165, 1.54) is 72.8 Å². The molecule has 4 rings (SSSR count). The van der Waals surface area contributed by atoms with Crippen molar-refractivity contribution in [1.82, 2.24) is 10.9 Å². The van der Waals surface area contributed by atoms with E-state index in [1.54, 1.807) is 0 Å². The predicted octanol–water partition coefficient (Wildman–Crippen LogP) is 4.47. The van der Waals surface area contributed by atoms with E-state index >= 15 is 0 Å². The van der Waals surface area contributed by atoms with Crippen molar-refractivity contribution in [2.45, 2.75) is 18.6 Å². The lowest BCUT2D eigenvalue weighted by molar-refractivity contribution is -0.159. The number of carbonyl (C=O) groups excluding carboxylic acids is 5. The maximum absolute atomic E-state index is 13.2. The number of hydrogen-bond donors (Lipinski definition) is 4. The first-order chi connectivity index (χ1) is 22.5. The van der Waals surface area contributed by atoms with Gasteiger partial charge >= 0.3 is 17.9 Å². The summed E-state index contributed by atoms with van der Waals surface area (Å²) in [6.45, 7) is 0. The zero-order chi connectivity index (χ0) is 33.9. The Bertz CT molecular complexity index is 1770. The molecule has 0 aliphatic heterocycles. The minimum Gasteiger partial charge on any atom is -0.478 e. The van der Waals surface area contributed by atoms with Gasteiger partial charge in [-0.1, -0.05) is 53.5 Å². The van der Waals surface area contributed by atoms with Crippen molar-refractivity contribution in [2.24, 2.45) is 0 Å². The summed E-state index contributed by atoms with van der Waals surface area (Å²) in [6, 6.07) is 25.3. The van der Waals surface area contributed by atoms with Gasteiger partial charge in [0.25, 0.3) is 11.8 Å². The van der Waals surface area contributed by atoms with Crippen molar-refractivity contribution >= 4 is 64.5 Å². The van der Waals surface area contributed by atoms with Gasteiger partial charge in [0.05, 0.1) is 17.5 Å². The van der Waals surface area contributed by atoms with Crippen LogP contribution in [0.4, 0.5) is 5.69 Å². The monoisotopic (exact) mass is 677 g/mol. The van der Waals surface area contributed by atoms with Crippen LogP contribution in [0.15, 0.2) is 103 Å².